The Kier molecular flexibility index (Phi) is 3.93. The predicted octanol–water partition coefficient (Wildman–Crippen LogP) is 2.53. The molecular weight excluding hydrogens is 222 g/mol. The fraction of sp³-hybridized carbons (Fsp3) is 0.750. The van der Waals surface area contributed by atoms with Gasteiger partial charge in [0.15, 0.2) is 0 Å². The van der Waals surface area contributed by atoms with Crippen molar-refractivity contribution in [3.8, 4) is 0 Å². The summed E-state index contributed by atoms with van der Waals surface area (Å²) in [6.45, 7) is 2.02. The minimum Gasteiger partial charge on any atom is -0.297 e. The minimum atomic E-state index is 0.215. The fourth-order valence-corrected chi connectivity index (χ4v) is 0.503. The van der Waals surface area contributed by atoms with Crippen LogP contribution in [0.25, 0.3) is 0 Å². The van der Waals surface area contributed by atoms with Gasteiger partial charge in [-0.25, -0.2) is 0 Å². The Bertz CT molecular complexity index is 72.1. The second-order valence-electron chi connectivity index (χ2n) is 1.22. The van der Waals surface area contributed by atoms with Crippen molar-refractivity contribution in [2.45, 2.75) is 18.2 Å². The second-order valence-corrected chi connectivity index (χ2v) is 3.18. The van der Waals surface area contributed by atoms with Crippen molar-refractivity contribution < 1.29 is 0 Å². The van der Waals surface area contributed by atoms with Crippen LogP contribution in [0.3, 0.4) is 0 Å². The van der Waals surface area contributed by atoms with Crippen LogP contribution in [0.5, 0.6) is 0 Å². The summed E-state index contributed by atoms with van der Waals surface area (Å²) < 4.78 is 0.523. The van der Waals surface area contributed by atoms with Crippen LogP contribution in [-0.2, 0) is 0 Å². The molecular formula is C4H7Br2N. The van der Waals surface area contributed by atoms with E-state index in [4.69, 9.17) is 5.41 Å². The van der Waals surface area contributed by atoms with Crippen molar-refractivity contribution in [3.63, 3.8) is 0 Å². The normalized spacial score (nSPS) is 13.6. The van der Waals surface area contributed by atoms with Crippen LogP contribution in [-0.4, -0.2) is 9.45 Å². The Morgan fingerprint density at radius 3 is 2.29 bits per heavy atom. The van der Waals surface area contributed by atoms with Gasteiger partial charge in [-0.3, -0.25) is 5.41 Å². The van der Waals surface area contributed by atoms with Crippen molar-refractivity contribution in [1.82, 2.24) is 0 Å². The number of rotatable bonds is 2. The molecule has 0 aliphatic carbocycles. The molecule has 1 N–H and O–H groups in total. The smallest absolute Gasteiger partial charge is 0.0875 e. The lowest BCUT2D eigenvalue weighted by atomic mass is 10.4. The lowest BCUT2D eigenvalue weighted by molar-refractivity contribution is 1.03. The average molecular weight is 229 g/mol. The number of halogens is 2. The van der Waals surface area contributed by atoms with E-state index >= 15 is 0 Å². The maximum absolute atomic E-state index is 6.97. The Hall–Kier alpha value is 0.630. The van der Waals surface area contributed by atoms with E-state index in [1.54, 1.807) is 0 Å². The van der Waals surface area contributed by atoms with Gasteiger partial charge in [-0.2, -0.15) is 0 Å². The first-order chi connectivity index (χ1) is 3.18. The molecule has 1 nitrogen and oxygen atoms in total. The first-order valence-corrected chi connectivity index (χ1v) is 3.77. The monoisotopic (exact) mass is 227 g/mol. The third kappa shape index (κ3) is 3.23. The molecule has 0 aromatic carbocycles. The van der Waals surface area contributed by atoms with Crippen molar-refractivity contribution in [2.75, 3.05) is 0 Å². The van der Waals surface area contributed by atoms with Gasteiger partial charge in [0.2, 0.25) is 0 Å². The SMILES string of the molecule is CCC(Br)C(=N)Br. The van der Waals surface area contributed by atoms with Crippen LogP contribution < -0.4 is 0 Å². The summed E-state index contributed by atoms with van der Waals surface area (Å²) in [6, 6.07) is 0. The van der Waals surface area contributed by atoms with Crippen LogP contribution in [0.15, 0.2) is 0 Å². The topological polar surface area (TPSA) is 23.9 Å². The zero-order chi connectivity index (χ0) is 5.86. The van der Waals surface area contributed by atoms with Crippen molar-refractivity contribution in [3.05, 3.63) is 0 Å². The maximum atomic E-state index is 6.97. The highest BCUT2D eigenvalue weighted by molar-refractivity contribution is 9.20. The predicted molar refractivity (Wildman–Crippen MR) is 39.7 cm³/mol. The molecule has 0 aromatic rings. The molecule has 0 radical (unpaired) electrons. The lowest BCUT2D eigenvalue weighted by Gasteiger charge is -1.97. The molecule has 1 atom stereocenters. The highest BCUT2D eigenvalue weighted by atomic mass is 79.9. The molecule has 42 valence electrons. The van der Waals surface area contributed by atoms with Crippen LogP contribution in [0.1, 0.15) is 13.3 Å². The number of alkyl halides is 1. The maximum Gasteiger partial charge on any atom is 0.0875 e. The van der Waals surface area contributed by atoms with Gasteiger partial charge in [-0.05, 0) is 22.4 Å². The molecule has 0 rings (SSSR count). The van der Waals surface area contributed by atoms with E-state index in [2.05, 4.69) is 31.9 Å². The second kappa shape index (κ2) is 3.61. The zero-order valence-electron chi connectivity index (χ0n) is 4.04. The number of hydrogen-bond donors (Lipinski definition) is 1. The Balaban J connectivity index is 3.34. The molecule has 0 saturated heterocycles. The molecule has 0 fully saturated rings. The van der Waals surface area contributed by atoms with E-state index in [-0.39, 0.29) is 4.83 Å². The average Bonchev–Trinajstić information content (AvgIpc) is 1.65. The summed E-state index contributed by atoms with van der Waals surface area (Å²) in [5.74, 6) is 0. The third-order valence-corrected chi connectivity index (χ3v) is 2.91. The summed E-state index contributed by atoms with van der Waals surface area (Å²) in [6.07, 6.45) is 0.962. The highest BCUT2D eigenvalue weighted by Crippen LogP contribution is 2.08. The van der Waals surface area contributed by atoms with Gasteiger partial charge >= 0.3 is 0 Å². The van der Waals surface area contributed by atoms with E-state index in [9.17, 15) is 0 Å². The summed E-state index contributed by atoms with van der Waals surface area (Å²) in [5, 5.41) is 6.97. The lowest BCUT2D eigenvalue weighted by Crippen LogP contribution is -2.01. The first kappa shape index (κ1) is 7.63. The highest BCUT2D eigenvalue weighted by Gasteiger charge is 2.01. The molecule has 0 aliphatic heterocycles. The van der Waals surface area contributed by atoms with Gasteiger partial charge < -0.3 is 0 Å². The van der Waals surface area contributed by atoms with E-state index in [0.717, 1.165) is 6.42 Å². The van der Waals surface area contributed by atoms with Crippen molar-refractivity contribution in [2.24, 2.45) is 0 Å². The molecule has 0 spiro atoms. The van der Waals surface area contributed by atoms with Crippen LogP contribution in [0, 0.1) is 5.41 Å². The molecule has 7 heavy (non-hydrogen) atoms. The van der Waals surface area contributed by atoms with E-state index in [1.807, 2.05) is 6.92 Å². The van der Waals surface area contributed by atoms with Crippen LogP contribution in [0.4, 0.5) is 0 Å². The molecule has 3 heteroatoms. The van der Waals surface area contributed by atoms with Crippen LogP contribution >= 0.6 is 31.9 Å². The number of nitrogens with one attached hydrogen (secondary N) is 1. The first-order valence-electron chi connectivity index (χ1n) is 2.06. The van der Waals surface area contributed by atoms with Gasteiger partial charge in [-0.1, -0.05) is 22.9 Å². The summed E-state index contributed by atoms with van der Waals surface area (Å²) in [4.78, 5) is 0.215. The molecule has 0 bridgehead atoms. The van der Waals surface area contributed by atoms with E-state index in [0.29, 0.717) is 4.62 Å². The Labute approximate surface area is 60.3 Å². The molecule has 0 aromatic heterocycles. The van der Waals surface area contributed by atoms with Gasteiger partial charge in [0, 0.05) is 0 Å². The molecule has 0 heterocycles. The molecule has 0 saturated carbocycles. The molecule has 1 unspecified atom stereocenters. The Morgan fingerprint density at radius 2 is 2.29 bits per heavy atom. The summed E-state index contributed by atoms with van der Waals surface area (Å²) in [5.41, 5.74) is 0. The third-order valence-electron chi connectivity index (χ3n) is 0.633. The fourth-order valence-electron chi connectivity index (χ4n) is 0.179. The van der Waals surface area contributed by atoms with Gasteiger partial charge in [0.1, 0.15) is 0 Å². The summed E-state index contributed by atoms with van der Waals surface area (Å²) in [7, 11) is 0. The molecule has 0 aliphatic rings. The minimum absolute atomic E-state index is 0.215. The van der Waals surface area contributed by atoms with Gasteiger partial charge in [-0.15, -0.1) is 0 Å². The van der Waals surface area contributed by atoms with E-state index in [1.165, 1.54) is 0 Å². The van der Waals surface area contributed by atoms with Crippen molar-refractivity contribution >= 4 is 36.5 Å². The zero-order valence-corrected chi connectivity index (χ0v) is 7.21. The molecule has 0 amide bonds. The Morgan fingerprint density at radius 1 is 1.86 bits per heavy atom. The quantitative estimate of drug-likeness (QED) is 0.555. The number of hydrogen-bond acceptors (Lipinski definition) is 1. The largest absolute Gasteiger partial charge is 0.297 e. The van der Waals surface area contributed by atoms with Crippen molar-refractivity contribution in [1.29, 1.82) is 5.41 Å². The van der Waals surface area contributed by atoms with Gasteiger partial charge in [0.05, 0.1) is 9.45 Å². The standard InChI is InChI=1S/C4H7Br2N/c1-2-3(5)4(6)7/h3,7H,2H2,1H3. The van der Waals surface area contributed by atoms with Gasteiger partial charge in [0.25, 0.3) is 0 Å². The van der Waals surface area contributed by atoms with Crippen LogP contribution in [0.2, 0.25) is 0 Å². The summed E-state index contributed by atoms with van der Waals surface area (Å²) >= 11 is 6.31. The van der Waals surface area contributed by atoms with E-state index < -0.39 is 0 Å².